The zero-order valence-corrected chi connectivity index (χ0v) is 15.1. The lowest BCUT2D eigenvalue weighted by molar-refractivity contribution is -0.118. The molecule has 0 aliphatic carbocycles. The molecule has 28 heavy (non-hydrogen) atoms. The van der Waals surface area contributed by atoms with Gasteiger partial charge >= 0.3 is 0 Å². The standard InChI is InChI=1S/C22H20N2O4/c25-21(23-17-8-3-1-4-9-17)15-27-19-12-7-13-20(14-19)28-16-22(26)24-18-10-5-2-6-11-18/h1-14H,15-16H2,(H,23,25)(H,24,26). The third kappa shape index (κ3) is 6.17. The Hall–Kier alpha value is -3.80. The number of rotatable bonds is 8. The van der Waals surface area contributed by atoms with Gasteiger partial charge in [-0.3, -0.25) is 9.59 Å². The van der Waals surface area contributed by atoms with Gasteiger partial charge in [0.25, 0.3) is 11.8 Å². The molecule has 6 heteroatoms. The number of benzene rings is 3. The molecule has 0 spiro atoms. The summed E-state index contributed by atoms with van der Waals surface area (Å²) >= 11 is 0. The zero-order valence-electron chi connectivity index (χ0n) is 15.1. The third-order valence-electron chi connectivity index (χ3n) is 3.66. The van der Waals surface area contributed by atoms with Crippen molar-refractivity contribution < 1.29 is 19.1 Å². The van der Waals surface area contributed by atoms with Crippen LogP contribution in [0.25, 0.3) is 0 Å². The van der Waals surface area contributed by atoms with Gasteiger partial charge in [0.05, 0.1) is 0 Å². The molecule has 3 aromatic carbocycles. The van der Waals surface area contributed by atoms with Gasteiger partial charge in [-0.25, -0.2) is 0 Å². The highest BCUT2D eigenvalue weighted by atomic mass is 16.5. The molecule has 6 nitrogen and oxygen atoms in total. The van der Waals surface area contributed by atoms with E-state index in [2.05, 4.69) is 10.6 Å². The topological polar surface area (TPSA) is 76.7 Å². The van der Waals surface area contributed by atoms with Crippen LogP contribution in [0.4, 0.5) is 11.4 Å². The van der Waals surface area contributed by atoms with Crippen LogP contribution in [0.2, 0.25) is 0 Å². The Balaban J connectivity index is 1.45. The number of hydrogen-bond donors (Lipinski definition) is 2. The molecule has 3 aromatic rings. The molecule has 0 radical (unpaired) electrons. The van der Waals surface area contributed by atoms with E-state index in [1.165, 1.54) is 0 Å². The van der Waals surface area contributed by atoms with Crippen LogP contribution in [0.3, 0.4) is 0 Å². The minimum atomic E-state index is -0.264. The van der Waals surface area contributed by atoms with Crippen molar-refractivity contribution >= 4 is 23.2 Å². The summed E-state index contributed by atoms with van der Waals surface area (Å²) in [6.07, 6.45) is 0. The number of para-hydroxylation sites is 2. The number of nitrogens with one attached hydrogen (secondary N) is 2. The molecule has 0 bridgehead atoms. The van der Waals surface area contributed by atoms with E-state index >= 15 is 0 Å². The molecule has 142 valence electrons. The normalized spacial score (nSPS) is 10.0. The Labute approximate surface area is 163 Å². The van der Waals surface area contributed by atoms with Crippen LogP contribution < -0.4 is 20.1 Å². The maximum Gasteiger partial charge on any atom is 0.262 e. The molecule has 0 unspecified atom stereocenters. The van der Waals surface area contributed by atoms with Gasteiger partial charge in [0.1, 0.15) is 11.5 Å². The quantitative estimate of drug-likeness (QED) is 0.628. The lowest BCUT2D eigenvalue weighted by Gasteiger charge is -2.10. The third-order valence-corrected chi connectivity index (χ3v) is 3.66. The molecule has 2 amide bonds. The minimum Gasteiger partial charge on any atom is -0.484 e. The molecule has 0 saturated heterocycles. The van der Waals surface area contributed by atoms with Gasteiger partial charge in [0, 0.05) is 17.4 Å². The first-order valence-corrected chi connectivity index (χ1v) is 8.74. The van der Waals surface area contributed by atoms with Crippen molar-refractivity contribution in [3.8, 4) is 11.5 Å². The van der Waals surface area contributed by atoms with Gasteiger partial charge in [-0.2, -0.15) is 0 Å². The molecule has 0 aliphatic rings. The summed E-state index contributed by atoms with van der Waals surface area (Å²) in [6, 6.07) is 25.1. The monoisotopic (exact) mass is 376 g/mol. The number of carbonyl (C=O) groups excluding carboxylic acids is 2. The first-order chi connectivity index (χ1) is 13.7. The fourth-order valence-corrected chi connectivity index (χ4v) is 2.39. The van der Waals surface area contributed by atoms with Crippen molar-refractivity contribution in [1.29, 1.82) is 0 Å². The van der Waals surface area contributed by atoms with Gasteiger partial charge in [0.15, 0.2) is 13.2 Å². The summed E-state index contributed by atoms with van der Waals surface area (Å²) in [6.45, 7) is -0.264. The number of anilines is 2. The highest BCUT2D eigenvalue weighted by Gasteiger charge is 2.06. The van der Waals surface area contributed by atoms with Gasteiger partial charge < -0.3 is 20.1 Å². The molecular formula is C22H20N2O4. The van der Waals surface area contributed by atoms with E-state index in [0.29, 0.717) is 22.9 Å². The largest absolute Gasteiger partial charge is 0.484 e. The van der Waals surface area contributed by atoms with Crippen LogP contribution in [-0.2, 0) is 9.59 Å². The van der Waals surface area contributed by atoms with E-state index in [1.54, 1.807) is 48.5 Å². The molecule has 0 atom stereocenters. The van der Waals surface area contributed by atoms with Gasteiger partial charge in [-0.05, 0) is 36.4 Å². The first kappa shape index (κ1) is 19.0. The van der Waals surface area contributed by atoms with E-state index in [1.807, 2.05) is 36.4 Å². The maximum atomic E-state index is 11.9. The number of hydrogen-bond acceptors (Lipinski definition) is 4. The van der Waals surface area contributed by atoms with Crippen LogP contribution in [-0.4, -0.2) is 25.0 Å². The summed E-state index contributed by atoms with van der Waals surface area (Å²) in [5, 5.41) is 5.48. The van der Waals surface area contributed by atoms with E-state index in [-0.39, 0.29) is 25.0 Å². The Kier molecular flexibility index (Phi) is 6.62. The average Bonchev–Trinajstić information content (AvgIpc) is 2.73. The molecule has 0 fully saturated rings. The van der Waals surface area contributed by atoms with Crippen molar-refractivity contribution in [3.05, 3.63) is 84.9 Å². The van der Waals surface area contributed by atoms with Gasteiger partial charge in [0.2, 0.25) is 0 Å². The predicted molar refractivity (Wildman–Crippen MR) is 108 cm³/mol. The average molecular weight is 376 g/mol. The van der Waals surface area contributed by atoms with E-state index in [4.69, 9.17) is 9.47 Å². The Morgan fingerprint density at radius 1 is 0.607 bits per heavy atom. The van der Waals surface area contributed by atoms with Crippen LogP contribution in [0.5, 0.6) is 11.5 Å². The lowest BCUT2D eigenvalue weighted by atomic mass is 10.3. The van der Waals surface area contributed by atoms with Crippen molar-refractivity contribution in [2.45, 2.75) is 0 Å². The molecule has 0 saturated carbocycles. The van der Waals surface area contributed by atoms with Crippen LogP contribution in [0, 0.1) is 0 Å². The lowest BCUT2D eigenvalue weighted by Crippen LogP contribution is -2.20. The maximum absolute atomic E-state index is 11.9. The zero-order chi connectivity index (χ0) is 19.6. The summed E-state index contributed by atoms with van der Waals surface area (Å²) < 4.78 is 11.0. The molecule has 0 aromatic heterocycles. The number of carbonyl (C=O) groups is 2. The first-order valence-electron chi connectivity index (χ1n) is 8.74. The van der Waals surface area contributed by atoms with Crippen LogP contribution in [0.15, 0.2) is 84.9 Å². The van der Waals surface area contributed by atoms with Crippen molar-refractivity contribution in [2.24, 2.45) is 0 Å². The second-order valence-electron chi connectivity index (χ2n) is 5.88. The number of ether oxygens (including phenoxy) is 2. The molecule has 0 aliphatic heterocycles. The van der Waals surface area contributed by atoms with Gasteiger partial charge in [-0.1, -0.05) is 42.5 Å². The summed E-state index contributed by atoms with van der Waals surface area (Å²) in [5.41, 5.74) is 1.41. The summed E-state index contributed by atoms with van der Waals surface area (Å²) in [4.78, 5) is 23.9. The van der Waals surface area contributed by atoms with Crippen molar-refractivity contribution in [2.75, 3.05) is 23.8 Å². The minimum absolute atomic E-state index is 0.132. The Bertz CT molecular complexity index is 841. The fraction of sp³-hybridized carbons (Fsp3) is 0.0909. The predicted octanol–water partition coefficient (Wildman–Crippen LogP) is 3.72. The van der Waals surface area contributed by atoms with E-state index < -0.39 is 0 Å². The smallest absolute Gasteiger partial charge is 0.262 e. The van der Waals surface area contributed by atoms with E-state index in [9.17, 15) is 9.59 Å². The summed E-state index contributed by atoms with van der Waals surface area (Å²) in [5.74, 6) is 0.424. The molecular weight excluding hydrogens is 356 g/mol. The summed E-state index contributed by atoms with van der Waals surface area (Å²) in [7, 11) is 0. The molecule has 0 heterocycles. The van der Waals surface area contributed by atoms with Crippen molar-refractivity contribution in [1.82, 2.24) is 0 Å². The van der Waals surface area contributed by atoms with Gasteiger partial charge in [-0.15, -0.1) is 0 Å². The highest BCUT2D eigenvalue weighted by Crippen LogP contribution is 2.19. The Morgan fingerprint density at radius 3 is 1.46 bits per heavy atom. The second-order valence-corrected chi connectivity index (χ2v) is 5.88. The highest BCUT2D eigenvalue weighted by molar-refractivity contribution is 5.92. The van der Waals surface area contributed by atoms with Crippen LogP contribution >= 0.6 is 0 Å². The Morgan fingerprint density at radius 2 is 1.04 bits per heavy atom. The van der Waals surface area contributed by atoms with Crippen LogP contribution in [0.1, 0.15) is 0 Å². The van der Waals surface area contributed by atoms with E-state index in [0.717, 1.165) is 0 Å². The second kappa shape index (κ2) is 9.78. The molecule has 2 N–H and O–H groups in total. The molecule has 3 rings (SSSR count). The SMILES string of the molecule is O=C(COc1cccc(OCC(=O)Nc2ccccc2)c1)Nc1ccccc1. The number of amides is 2. The fourth-order valence-electron chi connectivity index (χ4n) is 2.39. The van der Waals surface area contributed by atoms with Crippen molar-refractivity contribution in [3.63, 3.8) is 0 Å².